The van der Waals surface area contributed by atoms with Gasteiger partial charge in [0.05, 0.1) is 10.5 Å². The van der Waals surface area contributed by atoms with Gasteiger partial charge in [0.1, 0.15) is 10.8 Å². The van der Waals surface area contributed by atoms with Gasteiger partial charge in [0.2, 0.25) is 0 Å². The maximum atomic E-state index is 12.3. The van der Waals surface area contributed by atoms with Crippen molar-refractivity contribution in [2.45, 2.75) is 19.3 Å². The molecule has 3 rings (SSSR count). The van der Waals surface area contributed by atoms with Crippen LogP contribution in [-0.4, -0.2) is 10.9 Å². The second-order valence-corrected chi connectivity index (χ2v) is 7.24. The lowest BCUT2D eigenvalue weighted by atomic mass is 9.78. The van der Waals surface area contributed by atoms with Crippen molar-refractivity contribution < 1.29 is 14.5 Å². The van der Waals surface area contributed by atoms with Crippen LogP contribution in [0.4, 0.5) is 5.69 Å². The van der Waals surface area contributed by atoms with E-state index in [1.807, 2.05) is 30.3 Å². The third-order valence-electron chi connectivity index (χ3n) is 4.66. The summed E-state index contributed by atoms with van der Waals surface area (Å²) in [6.45, 7) is 4.25. The van der Waals surface area contributed by atoms with Gasteiger partial charge in [0.15, 0.2) is 0 Å². The Labute approximate surface area is 167 Å². The van der Waals surface area contributed by atoms with Crippen LogP contribution in [0.1, 0.15) is 35.3 Å². The summed E-state index contributed by atoms with van der Waals surface area (Å²) in [5.41, 5.74) is 1.95. The standard InChI is InChI=1S/C22H18ClNO4/c1-22(2,16-6-4-3-5-7-16)17-9-11-18(12-10-17)28-21(25)15-8-13-20(24(26)27)19(23)14-15/h3-14H,1-2H3. The number of ether oxygens (including phenoxy) is 1. The Balaban J connectivity index is 1.76. The zero-order chi connectivity index (χ0) is 20.3. The summed E-state index contributed by atoms with van der Waals surface area (Å²) in [5.74, 6) is -0.251. The van der Waals surface area contributed by atoms with Crippen molar-refractivity contribution in [1.29, 1.82) is 0 Å². The van der Waals surface area contributed by atoms with E-state index in [1.165, 1.54) is 23.8 Å². The van der Waals surface area contributed by atoms with Gasteiger partial charge in [-0.1, -0.05) is 67.9 Å². The lowest BCUT2D eigenvalue weighted by molar-refractivity contribution is -0.384. The number of hydrogen-bond acceptors (Lipinski definition) is 4. The van der Waals surface area contributed by atoms with Crippen molar-refractivity contribution in [3.63, 3.8) is 0 Å². The molecule has 0 unspecified atom stereocenters. The molecule has 142 valence electrons. The van der Waals surface area contributed by atoms with E-state index in [2.05, 4.69) is 26.0 Å². The molecule has 3 aromatic rings. The van der Waals surface area contributed by atoms with Crippen LogP contribution in [0, 0.1) is 10.1 Å². The molecule has 0 aliphatic heterocycles. The Bertz CT molecular complexity index is 1010. The number of halogens is 1. The summed E-state index contributed by atoms with van der Waals surface area (Å²) in [6.07, 6.45) is 0. The monoisotopic (exact) mass is 395 g/mol. The fourth-order valence-electron chi connectivity index (χ4n) is 2.91. The predicted molar refractivity (Wildman–Crippen MR) is 108 cm³/mol. The SMILES string of the molecule is CC(C)(c1ccccc1)c1ccc(OC(=O)c2ccc([N+](=O)[O-])c(Cl)c2)cc1. The smallest absolute Gasteiger partial charge is 0.343 e. The van der Waals surface area contributed by atoms with Crippen molar-refractivity contribution >= 4 is 23.3 Å². The molecule has 0 spiro atoms. The fourth-order valence-corrected chi connectivity index (χ4v) is 3.16. The van der Waals surface area contributed by atoms with Crippen molar-refractivity contribution in [1.82, 2.24) is 0 Å². The molecule has 0 atom stereocenters. The molecular formula is C22H18ClNO4. The Kier molecular flexibility index (Phi) is 5.47. The van der Waals surface area contributed by atoms with Crippen LogP contribution in [0.3, 0.4) is 0 Å². The first kappa shape index (κ1) is 19.6. The summed E-state index contributed by atoms with van der Waals surface area (Å²) >= 11 is 5.85. The molecule has 0 aromatic heterocycles. The zero-order valence-electron chi connectivity index (χ0n) is 15.4. The highest BCUT2D eigenvalue weighted by Gasteiger charge is 2.23. The van der Waals surface area contributed by atoms with Gasteiger partial charge in [-0.3, -0.25) is 10.1 Å². The Morgan fingerprint density at radius 2 is 1.57 bits per heavy atom. The highest BCUT2D eigenvalue weighted by Crippen LogP contribution is 2.32. The minimum atomic E-state index is -0.633. The number of carbonyl (C=O) groups excluding carboxylic acids is 1. The summed E-state index contributed by atoms with van der Waals surface area (Å²) in [6, 6.07) is 21.2. The van der Waals surface area contributed by atoms with Crippen molar-refractivity contribution in [3.8, 4) is 5.75 Å². The average Bonchev–Trinajstić information content (AvgIpc) is 2.68. The molecule has 5 nitrogen and oxygen atoms in total. The highest BCUT2D eigenvalue weighted by molar-refractivity contribution is 6.33. The maximum absolute atomic E-state index is 12.3. The van der Waals surface area contributed by atoms with E-state index in [1.54, 1.807) is 12.1 Å². The Morgan fingerprint density at radius 1 is 0.964 bits per heavy atom. The molecule has 0 amide bonds. The van der Waals surface area contributed by atoms with Crippen LogP contribution in [0.15, 0.2) is 72.8 Å². The van der Waals surface area contributed by atoms with Crippen LogP contribution < -0.4 is 4.74 Å². The first-order valence-electron chi connectivity index (χ1n) is 8.61. The van der Waals surface area contributed by atoms with Crippen molar-refractivity contribution in [2.24, 2.45) is 0 Å². The molecule has 0 aliphatic carbocycles. The minimum Gasteiger partial charge on any atom is -0.423 e. The second-order valence-electron chi connectivity index (χ2n) is 6.83. The number of hydrogen-bond donors (Lipinski definition) is 0. The number of benzene rings is 3. The lowest BCUT2D eigenvalue weighted by Crippen LogP contribution is -2.18. The van der Waals surface area contributed by atoms with E-state index in [-0.39, 0.29) is 21.7 Å². The first-order valence-corrected chi connectivity index (χ1v) is 8.99. The second kappa shape index (κ2) is 7.82. The quantitative estimate of drug-likeness (QED) is 0.237. The summed E-state index contributed by atoms with van der Waals surface area (Å²) in [4.78, 5) is 22.5. The summed E-state index contributed by atoms with van der Waals surface area (Å²) < 4.78 is 5.36. The van der Waals surface area contributed by atoms with E-state index in [0.29, 0.717) is 5.75 Å². The molecule has 3 aromatic carbocycles. The summed E-state index contributed by atoms with van der Waals surface area (Å²) in [5, 5.41) is 10.7. The minimum absolute atomic E-state index is 0.112. The molecule has 28 heavy (non-hydrogen) atoms. The predicted octanol–water partition coefficient (Wildman–Crippen LogP) is 5.79. The molecule has 0 N–H and O–H groups in total. The van der Waals surface area contributed by atoms with Gasteiger partial charge in [0.25, 0.3) is 5.69 Å². The summed E-state index contributed by atoms with van der Waals surface area (Å²) in [7, 11) is 0. The average molecular weight is 396 g/mol. The third kappa shape index (κ3) is 4.05. The number of nitrogens with zero attached hydrogens (tertiary/aromatic N) is 1. The molecule has 0 saturated carbocycles. The number of carbonyl (C=O) groups is 1. The van der Waals surface area contributed by atoms with Crippen LogP contribution in [0.5, 0.6) is 5.75 Å². The van der Waals surface area contributed by atoms with Gasteiger partial charge >= 0.3 is 5.97 Å². The van der Waals surface area contributed by atoms with Gasteiger partial charge in [-0.2, -0.15) is 0 Å². The van der Waals surface area contributed by atoms with Crippen LogP contribution in [0.2, 0.25) is 5.02 Å². The molecule has 0 radical (unpaired) electrons. The fraction of sp³-hybridized carbons (Fsp3) is 0.136. The van der Waals surface area contributed by atoms with Gasteiger partial charge in [-0.05, 0) is 35.4 Å². The molecule has 6 heteroatoms. The van der Waals surface area contributed by atoms with Crippen molar-refractivity contribution in [3.05, 3.63) is 105 Å². The molecule has 0 bridgehead atoms. The van der Waals surface area contributed by atoms with Crippen LogP contribution >= 0.6 is 11.6 Å². The molecule has 0 aliphatic rings. The number of esters is 1. The molecule has 0 heterocycles. The van der Waals surface area contributed by atoms with E-state index >= 15 is 0 Å². The molecular weight excluding hydrogens is 378 g/mol. The lowest BCUT2D eigenvalue weighted by Gasteiger charge is -2.26. The van der Waals surface area contributed by atoms with Gasteiger partial charge in [0, 0.05) is 11.5 Å². The molecule has 0 saturated heterocycles. The van der Waals surface area contributed by atoms with E-state index < -0.39 is 10.9 Å². The maximum Gasteiger partial charge on any atom is 0.343 e. The number of nitro groups is 1. The topological polar surface area (TPSA) is 69.4 Å². The van der Waals surface area contributed by atoms with Gasteiger partial charge < -0.3 is 4.74 Å². The van der Waals surface area contributed by atoms with E-state index in [9.17, 15) is 14.9 Å². The van der Waals surface area contributed by atoms with Gasteiger partial charge in [-0.25, -0.2) is 4.79 Å². The van der Waals surface area contributed by atoms with E-state index in [0.717, 1.165) is 5.56 Å². The van der Waals surface area contributed by atoms with Crippen LogP contribution in [-0.2, 0) is 5.41 Å². The van der Waals surface area contributed by atoms with Gasteiger partial charge in [-0.15, -0.1) is 0 Å². The number of rotatable bonds is 5. The van der Waals surface area contributed by atoms with E-state index in [4.69, 9.17) is 16.3 Å². The first-order chi connectivity index (χ1) is 13.3. The Hall–Kier alpha value is -3.18. The zero-order valence-corrected chi connectivity index (χ0v) is 16.1. The molecule has 0 fully saturated rings. The van der Waals surface area contributed by atoms with Crippen molar-refractivity contribution in [2.75, 3.05) is 0 Å². The normalized spacial score (nSPS) is 11.1. The Morgan fingerprint density at radius 3 is 2.14 bits per heavy atom. The third-order valence-corrected chi connectivity index (χ3v) is 4.96. The van der Waals surface area contributed by atoms with Crippen LogP contribution in [0.25, 0.3) is 0 Å². The number of nitro benzene ring substituents is 1. The highest BCUT2D eigenvalue weighted by atomic mass is 35.5. The largest absolute Gasteiger partial charge is 0.423 e.